The second-order valence-electron chi connectivity index (χ2n) is 4.19. The zero-order valence-corrected chi connectivity index (χ0v) is 10.7. The number of nitrogens with one attached hydrogen (secondary N) is 2. The van der Waals surface area contributed by atoms with Crippen LogP contribution in [0.5, 0.6) is 0 Å². The van der Waals surface area contributed by atoms with Gasteiger partial charge in [0.25, 0.3) is 5.91 Å². The molecule has 0 aliphatic heterocycles. The largest absolute Gasteiger partial charge is 0.319 e. The van der Waals surface area contributed by atoms with Gasteiger partial charge in [0, 0.05) is 5.69 Å². The molecule has 0 radical (unpaired) electrons. The van der Waals surface area contributed by atoms with Crippen LogP contribution >= 0.6 is 0 Å². The van der Waals surface area contributed by atoms with Gasteiger partial charge in [0.05, 0.1) is 0 Å². The number of aryl methyl sites for hydroxylation is 3. The Bertz CT molecular complexity index is 574. The molecule has 5 heteroatoms. The van der Waals surface area contributed by atoms with Gasteiger partial charge in [-0.1, -0.05) is 13.0 Å². The van der Waals surface area contributed by atoms with Crippen LogP contribution in [0.4, 0.5) is 5.69 Å². The Hall–Kier alpha value is -2.17. The van der Waals surface area contributed by atoms with Gasteiger partial charge >= 0.3 is 0 Å². The highest BCUT2D eigenvalue weighted by molar-refractivity contribution is 6.01. The third-order valence-electron chi connectivity index (χ3n) is 2.79. The first-order valence-corrected chi connectivity index (χ1v) is 5.90. The van der Waals surface area contributed by atoms with Crippen molar-refractivity contribution in [3.63, 3.8) is 0 Å². The van der Waals surface area contributed by atoms with Crippen LogP contribution < -0.4 is 5.32 Å². The topological polar surface area (TPSA) is 70.7 Å². The summed E-state index contributed by atoms with van der Waals surface area (Å²) in [6.45, 7) is 5.90. The number of carbonyl (C=O) groups is 1. The third-order valence-corrected chi connectivity index (χ3v) is 2.79. The minimum atomic E-state index is -0.301. The van der Waals surface area contributed by atoms with Crippen molar-refractivity contribution in [3.05, 3.63) is 41.0 Å². The van der Waals surface area contributed by atoms with Gasteiger partial charge in [0.1, 0.15) is 5.82 Å². The molecule has 1 aromatic heterocycles. The van der Waals surface area contributed by atoms with Crippen molar-refractivity contribution in [1.29, 1.82) is 0 Å². The summed E-state index contributed by atoms with van der Waals surface area (Å²) in [5.74, 6) is 0.481. The number of H-pyrrole nitrogens is 1. The molecule has 1 heterocycles. The Balaban J connectivity index is 2.16. The van der Waals surface area contributed by atoms with Crippen LogP contribution in [0, 0.1) is 13.8 Å². The molecule has 0 fully saturated rings. The molecule has 1 aromatic carbocycles. The van der Waals surface area contributed by atoms with Crippen LogP contribution in [0.15, 0.2) is 18.2 Å². The zero-order chi connectivity index (χ0) is 13.1. The average Bonchev–Trinajstić information content (AvgIpc) is 2.78. The third kappa shape index (κ3) is 2.56. The van der Waals surface area contributed by atoms with Gasteiger partial charge < -0.3 is 5.32 Å². The molecule has 2 N–H and O–H groups in total. The van der Waals surface area contributed by atoms with Crippen molar-refractivity contribution < 1.29 is 4.79 Å². The molecule has 0 spiro atoms. The highest BCUT2D eigenvalue weighted by Gasteiger charge is 2.11. The highest BCUT2D eigenvalue weighted by Crippen LogP contribution is 2.16. The minimum absolute atomic E-state index is 0.158. The Morgan fingerprint density at radius 2 is 2.17 bits per heavy atom. The summed E-state index contributed by atoms with van der Waals surface area (Å²) in [5, 5.41) is 9.26. The van der Waals surface area contributed by atoms with Crippen LogP contribution in [0.1, 0.15) is 34.5 Å². The fraction of sp³-hybridized carbons (Fsp3) is 0.308. The van der Waals surface area contributed by atoms with E-state index in [4.69, 9.17) is 0 Å². The SMILES string of the molecule is CCc1cc(NC(=O)c2n[nH]c(C)n2)ccc1C. The van der Waals surface area contributed by atoms with Crippen LogP contribution in [0.2, 0.25) is 0 Å². The summed E-state index contributed by atoms with van der Waals surface area (Å²) in [6.07, 6.45) is 0.940. The summed E-state index contributed by atoms with van der Waals surface area (Å²) in [4.78, 5) is 15.8. The van der Waals surface area contributed by atoms with Gasteiger partial charge in [-0.3, -0.25) is 9.89 Å². The number of nitrogens with zero attached hydrogens (tertiary/aromatic N) is 2. The van der Waals surface area contributed by atoms with E-state index in [2.05, 4.69) is 34.3 Å². The molecule has 0 saturated carbocycles. The molecule has 0 aliphatic carbocycles. The van der Waals surface area contributed by atoms with E-state index in [0.717, 1.165) is 12.1 Å². The summed E-state index contributed by atoms with van der Waals surface area (Å²) in [5.41, 5.74) is 3.22. The maximum atomic E-state index is 11.9. The van der Waals surface area contributed by atoms with Gasteiger partial charge in [-0.05, 0) is 43.5 Å². The summed E-state index contributed by atoms with van der Waals surface area (Å²) < 4.78 is 0. The predicted octanol–water partition coefficient (Wildman–Crippen LogP) is 2.24. The van der Waals surface area contributed by atoms with Crippen LogP contribution in [0.25, 0.3) is 0 Å². The van der Waals surface area contributed by atoms with Crippen molar-refractivity contribution in [3.8, 4) is 0 Å². The number of anilines is 1. The maximum absolute atomic E-state index is 11.9. The molecule has 2 rings (SSSR count). The molecule has 18 heavy (non-hydrogen) atoms. The monoisotopic (exact) mass is 244 g/mol. The number of hydrogen-bond donors (Lipinski definition) is 2. The number of benzene rings is 1. The smallest absolute Gasteiger partial charge is 0.295 e. The van der Waals surface area contributed by atoms with Gasteiger partial charge in [-0.25, -0.2) is 4.98 Å². The van der Waals surface area contributed by atoms with Crippen LogP contribution in [-0.2, 0) is 6.42 Å². The fourth-order valence-electron chi connectivity index (χ4n) is 1.76. The average molecular weight is 244 g/mol. The van der Waals surface area contributed by atoms with E-state index in [1.54, 1.807) is 6.92 Å². The van der Waals surface area contributed by atoms with E-state index < -0.39 is 0 Å². The lowest BCUT2D eigenvalue weighted by molar-refractivity contribution is 0.101. The number of aromatic amines is 1. The van der Waals surface area contributed by atoms with Crippen molar-refractivity contribution in [2.24, 2.45) is 0 Å². The van der Waals surface area contributed by atoms with Gasteiger partial charge in [0.2, 0.25) is 5.82 Å². The Kier molecular flexibility index (Phi) is 3.41. The van der Waals surface area contributed by atoms with Gasteiger partial charge in [-0.15, -0.1) is 5.10 Å². The van der Waals surface area contributed by atoms with Crippen molar-refractivity contribution in [1.82, 2.24) is 15.2 Å². The molecule has 5 nitrogen and oxygen atoms in total. The molecule has 94 valence electrons. The van der Waals surface area contributed by atoms with Crippen molar-refractivity contribution in [2.75, 3.05) is 5.32 Å². The Morgan fingerprint density at radius 1 is 1.39 bits per heavy atom. The summed E-state index contributed by atoms with van der Waals surface area (Å²) >= 11 is 0. The first kappa shape index (κ1) is 12.3. The van der Waals surface area contributed by atoms with E-state index in [-0.39, 0.29) is 11.7 Å². The number of amides is 1. The quantitative estimate of drug-likeness (QED) is 0.869. The molecule has 0 aliphatic rings. The number of carbonyl (C=O) groups excluding carboxylic acids is 1. The van der Waals surface area contributed by atoms with E-state index in [1.807, 2.05) is 18.2 Å². The first-order valence-electron chi connectivity index (χ1n) is 5.90. The summed E-state index contributed by atoms with van der Waals surface area (Å²) in [6, 6.07) is 5.86. The zero-order valence-electron chi connectivity index (χ0n) is 10.7. The standard InChI is InChI=1S/C13H16N4O/c1-4-10-7-11(6-5-8(10)2)15-13(18)12-14-9(3)16-17-12/h5-7H,4H2,1-3H3,(H,15,18)(H,14,16,17). The second-order valence-corrected chi connectivity index (χ2v) is 4.19. The second kappa shape index (κ2) is 5.00. The first-order chi connectivity index (χ1) is 8.60. The molecule has 1 amide bonds. The molecule has 0 unspecified atom stereocenters. The lowest BCUT2D eigenvalue weighted by Gasteiger charge is -2.07. The molecular weight excluding hydrogens is 228 g/mol. The fourth-order valence-corrected chi connectivity index (χ4v) is 1.76. The van der Waals surface area contributed by atoms with Crippen molar-refractivity contribution in [2.45, 2.75) is 27.2 Å². The van der Waals surface area contributed by atoms with E-state index in [1.165, 1.54) is 11.1 Å². The number of hydrogen-bond acceptors (Lipinski definition) is 3. The van der Waals surface area contributed by atoms with E-state index in [9.17, 15) is 4.79 Å². The Morgan fingerprint density at radius 3 is 2.78 bits per heavy atom. The van der Waals surface area contributed by atoms with Crippen LogP contribution in [-0.4, -0.2) is 21.1 Å². The lowest BCUT2D eigenvalue weighted by atomic mass is 10.1. The normalized spacial score (nSPS) is 10.4. The number of aromatic nitrogens is 3. The predicted molar refractivity (Wildman–Crippen MR) is 69.6 cm³/mol. The van der Waals surface area contributed by atoms with Gasteiger partial charge in [-0.2, -0.15) is 0 Å². The molecule has 2 aromatic rings. The highest BCUT2D eigenvalue weighted by atomic mass is 16.2. The molecule has 0 bridgehead atoms. The van der Waals surface area contributed by atoms with Crippen molar-refractivity contribution >= 4 is 11.6 Å². The molecule has 0 saturated heterocycles. The lowest BCUT2D eigenvalue weighted by Crippen LogP contribution is -2.14. The van der Waals surface area contributed by atoms with Crippen LogP contribution in [0.3, 0.4) is 0 Å². The maximum Gasteiger partial charge on any atom is 0.295 e. The van der Waals surface area contributed by atoms with E-state index >= 15 is 0 Å². The molecular formula is C13H16N4O. The minimum Gasteiger partial charge on any atom is -0.319 e. The Labute approximate surface area is 106 Å². The van der Waals surface area contributed by atoms with Gasteiger partial charge in [0.15, 0.2) is 0 Å². The molecule has 0 atom stereocenters. The van der Waals surface area contributed by atoms with E-state index in [0.29, 0.717) is 5.82 Å². The summed E-state index contributed by atoms with van der Waals surface area (Å²) in [7, 11) is 0. The number of rotatable bonds is 3.